The van der Waals surface area contributed by atoms with E-state index in [1.807, 2.05) is 20.8 Å². The maximum atomic E-state index is 14.3. The number of hydrogen-bond donors (Lipinski definition) is 1. The van der Waals surface area contributed by atoms with Crippen LogP contribution in [0.5, 0.6) is 11.5 Å². The van der Waals surface area contributed by atoms with Crippen molar-refractivity contribution in [3.63, 3.8) is 0 Å². The second-order valence-corrected chi connectivity index (χ2v) is 13.8. The Hall–Kier alpha value is -3.47. The molecular formula is C31H35Cl2N3O6S. The smallest absolute Gasteiger partial charge is 0.264 e. The number of carbonyl (C=O) groups is 2. The lowest BCUT2D eigenvalue weighted by atomic mass is 10.1. The minimum Gasteiger partial charge on any atom is -0.486 e. The van der Waals surface area contributed by atoms with Gasteiger partial charge in [0.15, 0.2) is 11.5 Å². The zero-order chi connectivity index (χ0) is 31.4. The van der Waals surface area contributed by atoms with Crippen LogP contribution in [0.4, 0.5) is 5.69 Å². The lowest BCUT2D eigenvalue weighted by Gasteiger charge is -2.35. The third-order valence-corrected chi connectivity index (χ3v) is 9.04. The van der Waals surface area contributed by atoms with Gasteiger partial charge in [-0.25, -0.2) is 8.42 Å². The van der Waals surface area contributed by atoms with Crippen molar-refractivity contribution in [3.8, 4) is 11.5 Å². The molecule has 1 heterocycles. The Kier molecular flexibility index (Phi) is 10.1. The highest BCUT2D eigenvalue weighted by Crippen LogP contribution is 2.36. The van der Waals surface area contributed by atoms with Gasteiger partial charge in [-0.3, -0.25) is 13.9 Å². The van der Waals surface area contributed by atoms with Gasteiger partial charge >= 0.3 is 0 Å². The number of sulfonamides is 1. The molecule has 43 heavy (non-hydrogen) atoms. The van der Waals surface area contributed by atoms with Gasteiger partial charge in [-0.15, -0.1) is 0 Å². The lowest BCUT2D eigenvalue weighted by molar-refractivity contribution is -0.141. The largest absolute Gasteiger partial charge is 0.486 e. The predicted molar refractivity (Wildman–Crippen MR) is 167 cm³/mol. The van der Waals surface area contributed by atoms with Crippen LogP contribution in [-0.2, 0) is 26.2 Å². The highest BCUT2D eigenvalue weighted by Gasteiger charge is 2.35. The zero-order valence-electron chi connectivity index (χ0n) is 24.5. The predicted octanol–water partition coefficient (Wildman–Crippen LogP) is 5.68. The first-order valence-electron chi connectivity index (χ1n) is 13.8. The molecule has 0 saturated carbocycles. The normalized spacial score (nSPS) is 13.6. The fourth-order valence-corrected chi connectivity index (χ4v) is 6.54. The third-order valence-electron chi connectivity index (χ3n) is 6.66. The summed E-state index contributed by atoms with van der Waals surface area (Å²) in [7, 11) is -4.23. The second-order valence-electron chi connectivity index (χ2n) is 11.1. The van der Waals surface area contributed by atoms with E-state index in [-0.39, 0.29) is 29.5 Å². The highest BCUT2D eigenvalue weighted by molar-refractivity contribution is 7.92. The molecule has 0 fully saturated rings. The first-order valence-corrected chi connectivity index (χ1v) is 16.0. The molecule has 1 aliphatic heterocycles. The van der Waals surface area contributed by atoms with Crippen molar-refractivity contribution in [2.24, 2.45) is 0 Å². The summed E-state index contributed by atoms with van der Waals surface area (Å²) in [6.45, 7) is 7.34. The summed E-state index contributed by atoms with van der Waals surface area (Å²) < 4.78 is 40.4. The van der Waals surface area contributed by atoms with Crippen molar-refractivity contribution in [3.05, 3.63) is 82.3 Å². The Labute approximate surface area is 262 Å². The number of nitrogens with one attached hydrogen (secondary N) is 1. The molecule has 230 valence electrons. The summed E-state index contributed by atoms with van der Waals surface area (Å²) in [5.41, 5.74) is 0.196. The van der Waals surface area contributed by atoms with E-state index in [9.17, 15) is 18.0 Å². The fraction of sp³-hybridized carbons (Fsp3) is 0.355. The van der Waals surface area contributed by atoms with E-state index in [0.29, 0.717) is 40.3 Å². The molecule has 1 aliphatic rings. The van der Waals surface area contributed by atoms with Crippen molar-refractivity contribution in [1.82, 2.24) is 10.2 Å². The van der Waals surface area contributed by atoms with Crippen molar-refractivity contribution >= 4 is 50.7 Å². The number of hydrogen-bond acceptors (Lipinski definition) is 6. The van der Waals surface area contributed by atoms with Gasteiger partial charge < -0.3 is 19.7 Å². The van der Waals surface area contributed by atoms with Gasteiger partial charge in [-0.2, -0.15) is 0 Å². The molecule has 2 amide bonds. The van der Waals surface area contributed by atoms with E-state index in [2.05, 4.69) is 5.32 Å². The van der Waals surface area contributed by atoms with Crippen LogP contribution in [0.15, 0.2) is 71.6 Å². The molecule has 1 N–H and O–H groups in total. The molecule has 3 aromatic carbocycles. The van der Waals surface area contributed by atoms with E-state index in [4.69, 9.17) is 32.7 Å². The first-order chi connectivity index (χ1) is 20.3. The van der Waals surface area contributed by atoms with Gasteiger partial charge in [0.05, 0.1) is 10.6 Å². The van der Waals surface area contributed by atoms with Crippen LogP contribution in [0, 0.1) is 0 Å². The van der Waals surface area contributed by atoms with E-state index in [0.717, 1.165) is 4.31 Å². The number of nitrogens with zero attached hydrogens (tertiary/aromatic N) is 2. The minimum absolute atomic E-state index is 0.00232. The maximum absolute atomic E-state index is 14.3. The molecule has 1 unspecified atom stereocenters. The molecule has 0 aromatic heterocycles. The number of fused-ring (bicyclic) bond motifs is 1. The minimum atomic E-state index is -4.23. The molecular weight excluding hydrogens is 613 g/mol. The summed E-state index contributed by atoms with van der Waals surface area (Å²) in [6.07, 6.45) is 0.272. The molecule has 0 spiro atoms. The van der Waals surface area contributed by atoms with E-state index < -0.39 is 34.1 Å². The van der Waals surface area contributed by atoms with E-state index >= 15 is 0 Å². The molecule has 3 aromatic rings. The number of amides is 2. The molecule has 12 heteroatoms. The maximum Gasteiger partial charge on any atom is 0.264 e. The molecule has 0 radical (unpaired) electrons. The lowest BCUT2D eigenvalue weighted by Crippen LogP contribution is -2.55. The number of anilines is 1. The van der Waals surface area contributed by atoms with Crippen LogP contribution in [0.1, 0.15) is 39.7 Å². The van der Waals surface area contributed by atoms with E-state index in [1.165, 1.54) is 23.1 Å². The zero-order valence-corrected chi connectivity index (χ0v) is 26.8. The Morgan fingerprint density at radius 3 is 2.26 bits per heavy atom. The highest BCUT2D eigenvalue weighted by atomic mass is 35.5. The topological polar surface area (TPSA) is 105 Å². The Morgan fingerprint density at radius 2 is 1.63 bits per heavy atom. The number of ether oxygens (including phenoxy) is 2. The van der Waals surface area contributed by atoms with Crippen molar-refractivity contribution in [2.45, 2.75) is 57.1 Å². The summed E-state index contributed by atoms with van der Waals surface area (Å²) in [4.78, 5) is 29.1. The number of benzene rings is 3. The average Bonchev–Trinajstić information content (AvgIpc) is 2.96. The Morgan fingerprint density at radius 1 is 0.953 bits per heavy atom. The van der Waals surface area contributed by atoms with Crippen LogP contribution in [0.2, 0.25) is 10.0 Å². The van der Waals surface area contributed by atoms with Crippen molar-refractivity contribution in [2.75, 3.05) is 24.1 Å². The monoisotopic (exact) mass is 647 g/mol. The summed E-state index contributed by atoms with van der Waals surface area (Å²) in [5, 5.41) is 3.68. The van der Waals surface area contributed by atoms with Gasteiger partial charge in [-0.05, 0) is 69.2 Å². The quantitative estimate of drug-likeness (QED) is 0.303. The van der Waals surface area contributed by atoms with Gasteiger partial charge in [0.2, 0.25) is 11.8 Å². The number of carbonyl (C=O) groups excluding carboxylic acids is 2. The second kappa shape index (κ2) is 13.4. The van der Waals surface area contributed by atoms with Crippen LogP contribution < -0.4 is 19.1 Å². The van der Waals surface area contributed by atoms with Gasteiger partial charge in [0, 0.05) is 28.2 Å². The van der Waals surface area contributed by atoms with Gasteiger partial charge in [0.25, 0.3) is 10.0 Å². The summed E-state index contributed by atoms with van der Waals surface area (Å²) >= 11 is 12.6. The van der Waals surface area contributed by atoms with Crippen LogP contribution in [0.3, 0.4) is 0 Å². The Bertz CT molecular complexity index is 1580. The molecule has 0 bridgehead atoms. The average molecular weight is 649 g/mol. The van der Waals surface area contributed by atoms with Gasteiger partial charge in [0.1, 0.15) is 25.8 Å². The summed E-state index contributed by atoms with van der Waals surface area (Å²) in [5.74, 6) is -0.130. The van der Waals surface area contributed by atoms with Crippen molar-refractivity contribution < 1.29 is 27.5 Å². The molecule has 4 rings (SSSR count). The standard InChI is InChI=1S/C31H35Cl2N3O6S/c1-5-26(30(38)34-31(2,3)4)35(19-21-11-12-22(32)17-25(21)33)29(37)20-36(43(39,40)24-9-7-6-8-10-24)23-13-14-27-28(18-23)42-16-15-41-27/h6-14,17-18,26H,5,15-16,19-20H2,1-4H3,(H,34,38). The van der Waals surface area contributed by atoms with Crippen LogP contribution in [0.25, 0.3) is 0 Å². The molecule has 0 saturated heterocycles. The SMILES string of the molecule is CCC(C(=O)NC(C)(C)C)N(Cc1ccc(Cl)cc1Cl)C(=O)CN(c1ccc2c(c1)OCCO2)S(=O)(=O)c1ccccc1. The summed E-state index contributed by atoms with van der Waals surface area (Å²) in [6, 6.07) is 16.5. The Balaban J connectivity index is 1.78. The molecule has 0 aliphatic carbocycles. The van der Waals surface area contributed by atoms with Gasteiger partial charge in [-0.1, -0.05) is 54.4 Å². The third kappa shape index (κ3) is 7.93. The van der Waals surface area contributed by atoms with Crippen molar-refractivity contribution in [1.29, 1.82) is 0 Å². The van der Waals surface area contributed by atoms with Crippen LogP contribution >= 0.6 is 23.2 Å². The van der Waals surface area contributed by atoms with E-state index in [1.54, 1.807) is 55.5 Å². The molecule has 1 atom stereocenters. The molecule has 9 nitrogen and oxygen atoms in total. The first kappa shape index (κ1) is 32.4. The number of halogens is 2. The van der Waals surface area contributed by atoms with Crippen LogP contribution in [-0.4, -0.2) is 56.5 Å². The number of rotatable bonds is 10. The fourth-order valence-electron chi connectivity index (χ4n) is 4.64.